The lowest BCUT2D eigenvalue weighted by Gasteiger charge is -2.37. The quantitative estimate of drug-likeness (QED) is 0.791. The third-order valence-corrected chi connectivity index (χ3v) is 5.83. The van der Waals surface area contributed by atoms with Crippen molar-refractivity contribution >= 4 is 21.6 Å². The topological polar surface area (TPSA) is 83.5 Å². The van der Waals surface area contributed by atoms with Gasteiger partial charge in [-0.15, -0.1) is 0 Å². The molecule has 0 N–H and O–H groups in total. The molecule has 2 fully saturated rings. The van der Waals surface area contributed by atoms with Crippen LogP contribution in [0.5, 0.6) is 0 Å². The van der Waals surface area contributed by atoms with Crippen LogP contribution in [0.3, 0.4) is 0 Å². The van der Waals surface area contributed by atoms with Crippen molar-refractivity contribution in [3.63, 3.8) is 0 Å². The Labute approximate surface area is 143 Å². The fraction of sp³-hybridized carbons (Fsp3) is 0.688. The van der Waals surface area contributed by atoms with Crippen LogP contribution in [0.2, 0.25) is 0 Å². The number of likely N-dealkylation sites (tertiary alicyclic amines) is 1. The van der Waals surface area contributed by atoms with Gasteiger partial charge in [-0.3, -0.25) is 9.78 Å². The van der Waals surface area contributed by atoms with Crippen LogP contribution >= 0.6 is 0 Å². The summed E-state index contributed by atoms with van der Waals surface area (Å²) in [5, 5.41) is 0. The highest BCUT2D eigenvalue weighted by atomic mass is 32.2. The average molecular weight is 352 g/mol. The van der Waals surface area contributed by atoms with Gasteiger partial charge in [0.25, 0.3) is 0 Å². The zero-order valence-corrected chi connectivity index (χ0v) is 15.0. The summed E-state index contributed by atoms with van der Waals surface area (Å²) in [6.07, 6.45) is 6.87. The van der Waals surface area contributed by atoms with Crippen molar-refractivity contribution < 1.29 is 13.2 Å². The van der Waals surface area contributed by atoms with Crippen LogP contribution in [0.15, 0.2) is 12.4 Å². The first-order valence-corrected chi connectivity index (χ1v) is 10.4. The van der Waals surface area contributed by atoms with Gasteiger partial charge in [-0.2, -0.15) is 0 Å². The van der Waals surface area contributed by atoms with Gasteiger partial charge in [-0.1, -0.05) is 0 Å². The van der Waals surface area contributed by atoms with E-state index in [9.17, 15) is 13.2 Å². The maximum Gasteiger partial charge on any atom is 0.223 e. The number of hydrogen-bond donors (Lipinski definition) is 0. The van der Waals surface area contributed by atoms with Crippen molar-refractivity contribution in [1.82, 2.24) is 14.9 Å². The van der Waals surface area contributed by atoms with Gasteiger partial charge in [-0.05, 0) is 25.7 Å². The fourth-order valence-corrected chi connectivity index (χ4v) is 4.79. The number of anilines is 1. The number of carbonyl (C=O) groups is 1. The highest BCUT2D eigenvalue weighted by molar-refractivity contribution is 7.90. The van der Waals surface area contributed by atoms with Crippen molar-refractivity contribution in [2.75, 3.05) is 36.5 Å². The van der Waals surface area contributed by atoms with E-state index >= 15 is 0 Å². The van der Waals surface area contributed by atoms with Crippen molar-refractivity contribution in [2.45, 2.75) is 32.2 Å². The zero-order chi connectivity index (χ0) is 17.3. The lowest BCUT2D eigenvalue weighted by Crippen LogP contribution is -2.46. The molecule has 0 saturated carbocycles. The highest BCUT2D eigenvalue weighted by Gasteiger charge is 2.37. The molecule has 2 aliphatic heterocycles. The summed E-state index contributed by atoms with van der Waals surface area (Å²) in [7, 11) is -3.04. The van der Waals surface area contributed by atoms with Gasteiger partial charge < -0.3 is 9.80 Å². The summed E-state index contributed by atoms with van der Waals surface area (Å²) >= 11 is 0. The third kappa shape index (κ3) is 4.03. The summed E-state index contributed by atoms with van der Waals surface area (Å²) in [5.74, 6) is 1.02. The summed E-state index contributed by atoms with van der Waals surface area (Å²) in [5.41, 5.74) is 0.896. The molecule has 2 saturated heterocycles. The SMILES string of the molecule is Cc1cncc(N2CCC(N3CC(CS(C)(=O)=O)CC3=O)CC2)n1. The van der Waals surface area contributed by atoms with Crippen LogP contribution in [0.1, 0.15) is 25.0 Å². The van der Waals surface area contributed by atoms with E-state index in [4.69, 9.17) is 0 Å². The maximum atomic E-state index is 12.3. The lowest BCUT2D eigenvalue weighted by atomic mass is 10.0. The van der Waals surface area contributed by atoms with E-state index in [2.05, 4.69) is 14.9 Å². The molecule has 3 heterocycles. The predicted molar refractivity (Wildman–Crippen MR) is 91.5 cm³/mol. The standard InChI is InChI=1S/C16H24N4O3S/c1-12-8-17-9-15(18-12)19-5-3-14(4-6-19)20-10-13(7-16(20)21)11-24(2,22)23/h8-9,13-14H,3-7,10-11H2,1-2H3. The zero-order valence-electron chi connectivity index (χ0n) is 14.2. The van der Waals surface area contributed by atoms with Crippen LogP contribution in [-0.2, 0) is 14.6 Å². The Hall–Kier alpha value is -1.70. The number of hydrogen-bond acceptors (Lipinski definition) is 6. The van der Waals surface area contributed by atoms with Crippen molar-refractivity contribution in [1.29, 1.82) is 0 Å². The number of aryl methyl sites for hydroxylation is 1. The van der Waals surface area contributed by atoms with E-state index in [1.807, 2.05) is 11.8 Å². The number of aromatic nitrogens is 2. The molecular weight excluding hydrogens is 328 g/mol. The van der Waals surface area contributed by atoms with Crippen LogP contribution in [-0.4, -0.2) is 66.9 Å². The second-order valence-electron chi connectivity index (χ2n) is 6.95. The summed E-state index contributed by atoms with van der Waals surface area (Å²) in [6, 6.07) is 0.205. The minimum atomic E-state index is -3.04. The Kier molecular flexibility index (Phi) is 4.76. The van der Waals surface area contributed by atoms with Crippen LogP contribution < -0.4 is 4.90 Å². The summed E-state index contributed by atoms with van der Waals surface area (Å²) in [6.45, 7) is 4.17. The smallest absolute Gasteiger partial charge is 0.223 e. The van der Waals surface area contributed by atoms with Crippen molar-refractivity contribution in [3.8, 4) is 0 Å². The predicted octanol–water partition coefficient (Wildman–Crippen LogP) is 0.647. The van der Waals surface area contributed by atoms with Gasteiger partial charge in [0.15, 0.2) is 0 Å². The molecule has 7 nitrogen and oxygen atoms in total. The average Bonchev–Trinajstić information content (AvgIpc) is 2.86. The summed E-state index contributed by atoms with van der Waals surface area (Å²) < 4.78 is 22.9. The van der Waals surface area contributed by atoms with Gasteiger partial charge in [0.1, 0.15) is 15.7 Å². The minimum Gasteiger partial charge on any atom is -0.355 e. The van der Waals surface area contributed by atoms with E-state index in [1.54, 1.807) is 12.4 Å². The van der Waals surface area contributed by atoms with Crippen LogP contribution in [0.25, 0.3) is 0 Å². The van der Waals surface area contributed by atoms with Crippen molar-refractivity contribution in [2.24, 2.45) is 5.92 Å². The van der Waals surface area contributed by atoms with Gasteiger partial charge in [0.2, 0.25) is 5.91 Å². The molecular formula is C16H24N4O3S. The van der Waals surface area contributed by atoms with Crippen LogP contribution in [0, 0.1) is 12.8 Å². The molecule has 1 aromatic heterocycles. The molecule has 1 amide bonds. The number of amides is 1. The fourth-order valence-electron chi connectivity index (χ4n) is 3.71. The Bertz CT molecular complexity index is 714. The molecule has 0 spiro atoms. The van der Waals surface area contributed by atoms with Gasteiger partial charge >= 0.3 is 0 Å². The monoisotopic (exact) mass is 352 g/mol. The Morgan fingerprint density at radius 2 is 1.96 bits per heavy atom. The second kappa shape index (κ2) is 6.66. The molecule has 0 bridgehead atoms. The molecule has 0 radical (unpaired) electrons. The van der Waals surface area contributed by atoms with Crippen molar-refractivity contribution in [3.05, 3.63) is 18.1 Å². The Balaban J connectivity index is 1.58. The first-order chi connectivity index (χ1) is 11.3. The Morgan fingerprint density at radius 3 is 2.58 bits per heavy atom. The first-order valence-electron chi connectivity index (χ1n) is 8.32. The molecule has 2 aliphatic rings. The summed E-state index contributed by atoms with van der Waals surface area (Å²) in [4.78, 5) is 25.0. The van der Waals surface area contributed by atoms with Gasteiger partial charge in [0, 0.05) is 44.5 Å². The van der Waals surface area contributed by atoms with E-state index in [-0.39, 0.29) is 23.6 Å². The first kappa shape index (κ1) is 17.1. The van der Waals surface area contributed by atoms with E-state index in [1.165, 1.54) is 6.26 Å². The molecule has 1 unspecified atom stereocenters. The number of rotatable bonds is 4. The normalized spacial score (nSPS) is 23.1. The van der Waals surface area contributed by atoms with E-state index < -0.39 is 9.84 Å². The molecule has 3 rings (SSSR count). The minimum absolute atomic E-state index is 0.0619. The molecule has 0 aromatic carbocycles. The lowest BCUT2D eigenvalue weighted by molar-refractivity contribution is -0.130. The maximum absolute atomic E-state index is 12.3. The second-order valence-corrected chi connectivity index (χ2v) is 9.13. The van der Waals surface area contributed by atoms with E-state index in [0.717, 1.165) is 37.4 Å². The Morgan fingerprint density at radius 1 is 1.25 bits per heavy atom. The van der Waals surface area contributed by atoms with E-state index in [0.29, 0.717) is 13.0 Å². The number of carbonyl (C=O) groups excluding carboxylic acids is 1. The number of piperidine rings is 1. The molecule has 24 heavy (non-hydrogen) atoms. The molecule has 1 atom stereocenters. The van der Waals surface area contributed by atoms with Gasteiger partial charge in [0.05, 0.1) is 17.6 Å². The highest BCUT2D eigenvalue weighted by Crippen LogP contribution is 2.27. The number of nitrogens with zero attached hydrogens (tertiary/aromatic N) is 4. The van der Waals surface area contributed by atoms with Crippen LogP contribution in [0.4, 0.5) is 5.82 Å². The third-order valence-electron chi connectivity index (χ3n) is 4.75. The molecule has 132 valence electrons. The largest absolute Gasteiger partial charge is 0.355 e. The molecule has 0 aliphatic carbocycles. The molecule has 1 aromatic rings. The molecule has 8 heteroatoms. The van der Waals surface area contributed by atoms with Gasteiger partial charge in [-0.25, -0.2) is 13.4 Å². The number of sulfone groups is 1.